The van der Waals surface area contributed by atoms with E-state index in [9.17, 15) is 18.0 Å². The van der Waals surface area contributed by atoms with Gasteiger partial charge in [-0.3, -0.25) is 9.36 Å². The van der Waals surface area contributed by atoms with Gasteiger partial charge in [0.25, 0.3) is 0 Å². The molecule has 0 saturated carbocycles. The zero-order valence-electron chi connectivity index (χ0n) is 15.6. The molecule has 2 heterocycles. The number of benzene rings is 1. The van der Waals surface area contributed by atoms with E-state index in [1.807, 2.05) is 13.8 Å². The summed E-state index contributed by atoms with van der Waals surface area (Å²) in [6, 6.07) is 6.84. The highest BCUT2D eigenvalue weighted by atomic mass is 32.2. The van der Waals surface area contributed by atoms with Gasteiger partial charge in [0.1, 0.15) is 6.54 Å². The van der Waals surface area contributed by atoms with Crippen LogP contribution in [0.1, 0.15) is 26.7 Å². The van der Waals surface area contributed by atoms with Crippen LogP contribution in [0, 0.1) is 5.92 Å². The van der Waals surface area contributed by atoms with Crippen molar-refractivity contribution in [2.24, 2.45) is 5.92 Å². The molecule has 1 aromatic heterocycles. The van der Waals surface area contributed by atoms with E-state index in [1.165, 1.54) is 8.87 Å². The Balaban J connectivity index is 1.57. The van der Waals surface area contributed by atoms with Crippen molar-refractivity contribution in [3.05, 3.63) is 34.8 Å². The Labute approximate surface area is 158 Å². The average molecular weight is 395 g/mol. The molecule has 27 heavy (non-hydrogen) atoms. The van der Waals surface area contributed by atoms with Crippen LogP contribution in [0.25, 0.3) is 11.1 Å². The van der Waals surface area contributed by atoms with Gasteiger partial charge in [-0.15, -0.1) is 0 Å². The largest absolute Gasteiger partial charge is 0.420 e. The maximum atomic E-state index is 12.4. The van der Waals surface area contributed by atoms with Crippen molar-refractivity contribution in [3.63, 3.8) is 0 Å². The fourth-order valence-corrected chi connectivity index (χ4v) is 5.21. The second-order valence-corrected chi connectivity index (χ2v) is 9.35. The number of carbonyl (C=O) groups is 1. The number of sulfonamides is 1. The molecule has 1 amide bonds. The molecule has 1 aromatic carbocycles. The Morgan fingerprint density at radius 2 is 1.93 bits per heavy atom. The molecular weight excluding hydrogens is 370 g/mol. The minimum Gasteiger partial charge on any atom is -0.408 e. The van der Waals surface area contributed by atoms with E-state index in [2.05, 4.69) is 5.32 Å². The molecule has 1 aliphatic heterocycles. The molecule has 0 atom stereocenters. The topological polar surface area (TPSA) is 102 Å². The Morgan fingerprint density at radius 1 is 1.26 bits per heavy atom. The van der Waals surface area contributed by atoms with Crippen molar-refractivity contribution >= 4 is 27.0 Å². The Bertz CT molecular complexity index is 968. The SMILES string of the molecule is CC(C)CS(=O)(=O)N1CCC(NC(=O)Cn2c(=O)oc3ccccc32)CC1. The van der Waals surface area contributed by atoms with Crippen LogP contribution in [0.4, 0.5) is 0 Å². The van der Waals surface area contributed by atoms with Crippen LogP contribution >= 0.6 is 0 Å². The maximum absolute atomic E-state index is 12.4. The van der Waals surface area contributed by atoms with Crippen molar-refractivity contribution in [3.8, 4) is 0 Å². The van der Waals surface area contributed by atoms with E-state index in [4.69, 9.17) is 4.42 Å². The van der Waals surface area contributed by atoms with Crippen LogP contribution in [0.5, 0.6) is 0 Å². The number of rotatable bonds is 6. The van der Waals surface area contributed by atoms with E-state index < -0.39 is 15.8 Å². The van der Waals surface area contributed by atoms with Crippen molar-refractivity contribution < 1.29 is 17.6 Å². The third kappa shape index (κ3) is 4.59. The third-order valence-electron chi connectivity index (χ3n) is 4.63. The summed E-state index contributed by atoms with van der Waals surface area (Å²) in [5, 5.41) is 2.90. The summed E-state index contributed by atoms with van der Waals surface area (Å²) in [6.07, 6.45) is 1.12. The molecule has 3 rings (SSSR count). The molecule has 148 valence electrons. The van der Waals surface area contributed by atoms with Gasteiger partial charge in [-0.2, -0.15) is 0 Å². The summed E-state index contributed by atoms with van der Waals surface area (Å²) >= 11 is 0. The first kappa shape index (κ1) is 19.6. The normalized spacial score (nSPS) is 16.9. The molecule has 0 unspecified atom stereocenters. The summed E-state index contributed by atoms with van der Waals surface area (Å²) < 4.78 is 32.5. The molecule has 1 aliphatic rings. The number of piperidine rings is 1. The maximum Gasteiger partial charge on any atom is 0.420 e. The highest BCUT2D eigenvalue weighted by Gasteiger charge is 2.29. The lowest BCUT2D eigenvalue weighted by molar-refractivity contribution is -0.122. The quantitative estimate of drug-likeness (QED) is 0.791. The number of nitrogens with one attached hydrogen (secondary N) is 1. The lowest BCUT2D eigenvalue weighted by Gasteiger charge is -2.32. The molecule has 0 bridgehead atoms. The van der Waals surface area contributed by atoms with Crippen LogP contribution in [-0.4, -0.2) is 48.1 Å². The monoisotopic (exact) mass is 395 g/mol. The number of nitrogens with zero attached hydrogens (tertiary/aromatic N) is 2. The van der Waals surface area contributed by atoms with E-state index in [0.29, 0.717) is 37.0 Å². The van der Waals surface area contributed by atoms with E-state index in [1.54, 1.807) is 24.3 Å². The molecule has 9 heteroatoms. The standard InChI is InChI=1S/C18H25N3O5S/c1-13(2)12-27(24,25)20-9-7-14(8-10-20)19-17(22)11-21-15-5-3-4-6-16(15)26-18(21)23/h3-6,13-14H,7-12H2,1-2H3,(H,19,22). The fourth-order valence-electron chi connectivity index (χ4n) is 3.39. The number of fused-ring (bicyclic) bond motifs is 1. The van der Waals surface area contributed by atoms with Crippen LogP contribution in [0.15, 0.2) is 33.5 Å². The molecule has 1 N–H and O–H groups in total. The van der Waals surface area contributed by atoms with E-state index in [-0.39, 0.29) is 30.2 Å². The van der Waals surface area contributed by atoms with Crippen LogP contribution < -0.4 is 11.1 Å². The number of oxazole rings is 1. The summed E-state index contributed by atoms with van der Waals surface area (Å²) in [5.41, 5.74) is 1.02. The molecule has 2 aromatic rings. The van der Waals surface area contributed by atoms with Crippen LogP contribution in [-0.2, 0) is 21.4 Å². The van der Waals surface area contributed by atoms with Gasteiger partial charge >= 0.3 is 5.76 Å². The van der Waals surface area contributed by atoms with E-state index >= 15 is 0 Å². The van der Waals surface area contributed by atoms with Crippen molar-refractivity contribution in [1.29, 1.82) is 0 Å². The minimum absolute atomic E-state index is 0.0792. The fraction of sp³-hybridized carbons (Fsp3) is 0.556. The zero-order chi connectivity index (χ0) is 19.6. The van der Waals surface area contributed by atoms with Gasteiger partial charge in [0, 0.05) is 19.1 Å². The van der Waals surface area contributed by atoms with Crippen molar-refractivity contribution in [2.75, 3.05) is 18.8 Å². The molecule has 1 saturated heterocycles. The van der Waals surface area contributed by atoms with Gasteiger partial charge in [0.15, 0.2) is 5.58 Å². The molecule has 1 fully saturated rings. The van der Waals surface area contributed by atoms with E-state index in [0.717, 1.165) is 0 Å². The first-order valence-electron chi connectivity index (χ1n) is 9.12. The smallest absolute Gasteiger partial charge is 0.408 e. The summed E-state index contributed by atoms with van der Waals surface area (Å²) in [4.78, 5) is 24.3. The number of hydrogen-bond acceptors (Lipinski definition) is 5. The summed E-state index contributed by atoms with van der Waals surface area (Å²) in [7, 11) is -3.24. The molecule has 0 spiro atoms. The van der Waals surface area contributed by atoms with Gasteiger partial charge in [-0.25, -0.2) is 17.5 Å². The summed E-state index contributed by atoms with van der Waals surface area (Å²) in [6.45, 7) is 4.43. The van der Waals surface area contributed by atoms with Gasteiger partial charge in [0.05, 0.1) is 11.3 Å². The average Bonchev–Trinajstić information content (AvgIpc) is 2.90. The third-order valence-corrected chi connectivity index (χ3v) is 6.87. The van der Waals surface area contributed by atoms with Gasteiger partial charge in [-0.05, 0) is 30.9 Å². The Morgan fingerprint density at radius 3 is 2.59 bits per heavy atom. The first-order valence-corrected chi connectivity index (χ1v) is 10.7. The highest BCUT2D eigenvalue weighted by Crippen LogP contribution is 2.17. The zero-order valence-corrected chi connectivity index (χ0v) is 16.4. The Kier molecular flexibility index (Phi) is 5.71. The summed E-state index contributed by atoms with van der Waals surface area (Å²) in [5.74, 6) is -0.635. The van der Waals surface area contributed by atoms with Gasteiger partial charge < -0.3 is 9.73 Å². The molecule has 0 aliphatic carbocycles. The molecule has 0 radical (unpaired) electrons. The first-order chi connectivity index (χ1) is 12.8. The lowest BCUT2D eigenvalue weighted by Crippen LogP contribution is -2.48. The van der Waals surface area contributed by atoms with Crippen LogP contribution in [0.3, 0.4) is 0 Å². The van der Waals surface area contributed by atoms with Crippen LogP contribution in [0.2, 0.25) is 0 Å². The van der Waals surface area contributed by atoms with Gasteiger partial charge in [0.2, 0.25) is 15.9 Å². The predicted molar refractivity (Wildman–Crippen MR) is 102 cm³/mol. The number of amides is 1. The van der Waals surface area contributed by atoms with Gasteiger partial charge in [-0.1, -0.05) is 26.0 Å². The lowest BCUT2D eigenvalue weighted by atomic mass is 10.1. The molecular formula is C18H25N3O5S. The number of para-hydroxylation sites is 2. The van der Waals surface area contributed by atoms with Crippen molar-refractivity contribution in [1.82, 2.24) is 14.2 Å². The number of hydrogen-bond donors (Lipinski definition) is 1. The minimum atomic E-state index is -3.24. The Hall–Kier alpha value is -2.13. The van der Waals surface area contributed by atoms with Crippen molar-refractivity contribution in [2.45, 2.75) is 39.3 Å². The predicted octanol–water partition coefficient (Wildman–Crippen LogP) is 1.16. The highest BCUT2D eigenvalue weighted by molar-refractivity contribution is 7.89. The second-order valence-electron chi connectivity index (χ2n) is 7.34. The second kappa shape index (κ2) is 7.85. The number of aromatic nitrogens is 1. The number of carbonyl (C=O) groups excluding carboxylic acids is 1. The molecule has 8 nitrogen and oxygen atoms in total.